The largest absolute Gasteiger partial charge is 0.396 e. The fraction of sp³-hybridized carbons (Fsp3) is 0.571. The molecule has 0 spiro atoms. The van der Waals surface area contributed by atoms with Crippen LogP contribution in [0.4, 0.5) is 0 Å². The summed E-state index contributed by atoms with van der Waals surface area (Å²) < 4.78 is 6.82. The highest BCUT2D eigenvalue weighted by Gasteiger charge is 2.56. The van der Waals surface area contributed by atoms with Gasteiger partial charge in [-0.25, -0.2) is 4.79 Å². The number of terminal acetylenes is 1. The molecule has 120 valence electrons. The molecule has 0 aliphatic carbocycles. The molecule has 0 aromatic carbocycles. The number of nitrogens with zero attached hydrogens (tertiary/aromatic N) is 1. The van der Waals surface area contributed by atoms with E-state index in [4.69, 9.17) is 16.9 Å². The molecule has 1 aliphatic heterocycles. The Morgan fingerprint density at radius 3 is 2.73 bits per heavy atom. The van der Waals surface area contributed by atoms with E-state index in [1.807, 2.05) is 0 Å². The summed E-state index contributed by atoms with van der Waals surface area (Å²) in [5, 5.41) is 19.4. The molecule has 1 aliphatic rings. The predicted octanol–water partition coefficient (Wildman–Crippen LogP) is -1.94. The number of aliphatic hydroxyl groups is 2. The van der Waals surface area contributed by atoms with Crippen LogP contribution >= 0.6 is 0 Å². The summed E-state index contributed by atoms with van der Waals surface area (Å²) in [5.41, 5.74) is 3.74. The number of nitrogens with two attached hydrogens (primary N) is 1. The lowest BCUT2D eigenvalue weighted by molar-refractivity contribution is -0.0709. The van der Waals surface area contributed by atoms with Crippen LogP contribution in [0.25, 0.3) is 0 Å². The second-order valence-corrected chi connectivity index (χ2v) is 5.51. The van der Waals surface area contributed by atoms with Crippen molar-refractivity contribution in [1.82, 2.24) is 9.55 Å². The van der Waals surface area contributed by atoms with E-state index in [-0.39, 0.29) is 0 Å². The van der Waals surface area contributed by atoms with E-state index in [0.29, 0.717) is 5.69 Å². The molecule has 1 saturated heterocycles. The molecule has 1 aromatic heterocycles. The Morgan fingerprint density at radius 2 is 2.27 bits per heavy atom. The Balaban J connectivity index is 2.63. The maximum atomic E-state index is 12.1. The first-order valence-corrected chi connectivity index (χ1v) is 6.79. The highest BCUT2D eigenvalue weighted by molar-refractivity contribution is 5.23. The lowest BCUT2D eigenvalue weighted by Crippen LogP contribution is -2.54. The fourth-order valence-electron chi connectivity index (χ4n) is 2.88. The molecule has 2 rings (SSSR count). The van der Waals surface area contributed by atoms with Gasteiger partial charge in [-0.3, -0.25) is 14.3 Å². The molecule has 0 radical (unpaired) electrons. The van der Waals surface area contributed by atoms with E-state index in [1.165, 1.54) is 13.0 Å². The minimum Gasteiger partial charge on any atom is -0.396 e. The average Bonchev–Trinajstić information content (AvgIpc) is 2.72. The van der Waals surface area contributed by atoms with Gasteiger partial charge in [0.2, 0.25) is 0 Å². The zero-order valence-corrected chi connectivity index (χ0v) is 12.3. The first kappa shape index (κ1) is 16.5. The molecule has 0 amide bonds. The molecule has 5 N–H and O–H groups in total. The standard InChI is InChI=1S/C14H19N3O5/c1-4-14(15)9(6-18)11(8(3)19)22-12(14)17-7(2)5-10(20)16-13(17)21/h1,5,8-9,11-12,18-19H,6,15H2,2-3H3,(H,16,20,21)/t8-,9?,11-,12-,14?/m1/s1. The zero-order chi connectivity index (χ0) is 16.7. The highest BCUT2D eigenvalue weighted by Crippen LogP contribution is 2.41. The number of aromatic amines is 1. The summed E-state index contributed by atoms with van der Waals surface area (Å²) in [4.78, 5) is 25.6. The number of rotatable bonds is 3. The molecule has 0 bridgehead atoms. The van der Waals surface area contributed by atoms with Crippen LogP contribution in [-0.2, 0) is 4.74 Å². The van der Waals surface area contributed by atoms with E-state index in [0.717, 1.165) is 4.57 Å². The van der Waals surface area contributed by atoms with Crippen LogP contribution in [0.1, 0.15) is 18.8 Å². The zero-order valence-electron chi connectivity index (χ0n) is 12.3. The predicted molar refractivity (Wildman–Crippen MR) is 78.0 cm³/mol. The number of hydrogen-bond donors (Lipinski definition) is 4. The monoisotopic (exact) mass is 309 g/mol. The third-order valence-electron chi connectivity index (χ3n) is 4.03. The summed E-state index contributed by atoms with van der Waals surface area (Å²) in [6.07, 6.45) is 2.62. The van der Waals surface area contributed by atoms with E-state index in [1.54, 1.807) is 6.92 Å². The maximum absolute atomic E-state index is 12.1. The molecule has 2 heterocycles. The van der Waals surface area contributed by atoms with Gasteiger partial charge >= 0.3 is 5.69 Å². The summed E-state index contributed by atoms with van der Waals surface area (Å²) in [6.45, 7) is 2.61. The van der Waals surface area contributed by atoms with Gasteiger partial charge in [0.05, 0.1) is 18.8 Å². The minimum atomic E-state index is -1.51. The Hall–Kier alpha value is -1.92. The summed E-state index contributed by atoms with van der Waals surface area (Å²) >= 11 is 0. The second-order valence-electron chi connectivity index (χ2n) is 5.51. The van der Waals surface area contributed by atoms with Crippen molar-refractivity contribution in [1.29, 1.82) is 0 Å². The van der Waals surface area contributed by atoms with Gasteiger partial charge in [0, 0.05) is 17.7 Å². The number of nitrogens with one attached hydrogen (secondary N) is 1. The SMILES string of the molecule is C#CC1(N)C(CO)[C@@H]([C@@H](C)O)O[C@H]1n1c(C)cc(=O)[nH]c1=O. The highest BCUT2D eigenvalue weighted by atomic mass is 16.5. The van der Waals surface area contributed by atoms with Gasteiger partial charge in [-0.15, -0.1) is 6.42 Å². The van der Waals surface area contributed by atoms with E-state index >= 15 is 0 Å². The van der Waals surface area contributed by atoms with Gasteiger partial charge in [-0.2, -0.15) is 0 Å². The number of hydrogen-bond acceptors (Lipinski definition) is 6. The number of aliphatic hydroxyl groups excluding tert-OH is 2. The van der Waals surface area contributed by atoms with Crippen molar-refractivity contribution in [2.24, 2.45) is 11.7 Å². The van der Waals surface area contributed by atoms with Crippen molar-refractivity contribution in [2.75, 3.05) is 6.61 Å². The van der Waals surface area contributed by atoms with Crippen molar-refractivity contribution in [3.05, 3.63) is 32.6 Å². The Kier molecular flexibility index (Phi) is 4.26. The molecule has 1 fully saturated rings. The molecule has 1 aromatic rings. The van der Waals surface area contributed by atoms with Gasteiger partial charge < -0.3 is 20.7 Å². The van der Waals surface area contributed by atoms with Gasteiger partial charge in [-0.05, 0) is 13.8 Å². The lowest BCUT2D eigenvalue weighted by Gasteiger charge is -2.30. The average molecular weight is 309 g/mol. The number of aryl methyl sites for hydroxylation is 1. The number of H-pyrrole nitrogens is 1. The van der Waals surface area contributed by atoms with Gasteiger partial charge in [-0.1, -0.05) is 5.92 Å². The van der Waals surface area contributed by atoms with E-state index < -0.39 is 47.7 Å². The van der Waals surface area contributed by atoms with Gasteiger partial charge in [0.25, 0.3) is 5.56 Å². The van der Waals surface area contributed by atoms with Crippen LogP contribution in [0.2, 0.25) is 0 Å². The Bertz CT molecular complexity index is 716. The smallest absolute Gasteiger partial charge is 0.330 e. The van der Waals surface area contributed by atoms with Crippen LogP contribution in [0.5, 0.6) is 0 Å². The molecule has 0 saturated carbocycles. The van der Waals surface area contributed by atoms with Crippen molar-refractivity contribution >= 4 is 0 Å². The lowest BCUT2D eigenvalue weighted by atomic mass is 9.82. The number of aromatic nitrogens is 2. The van der Waals surface area contributed by atoms with Crippen molar-refractivity contribution in [2.45, 2.75) is 37.8 Å². The Labute approximate surface area is 126 Å². The third-order valence-corrected chi connectivity index (χ3v) is 4.03. The Morgan fingerprint density at radius 1 is 1.64 bits per heavy atom. The number of ether oxygens (including phenoxy) is 1. The van der Waals surface area contributed by atoms with E-state index in [2.05, 4.69) is 10.9 Å². The van der Waals surface area contributed by atoms with Gasteiger partial charge in [0.15, 0.2) is 6.23 Å². The summed E-state index contributed by atoms with van der Waals surface area (Å²) in [7, 11) is 0. The van der Waals surface area contributed by atoms with Crippen LogP contribution in [-0.4, -0.2) is 44.1 Å². The molecular weight excluding hydrogens is 290 g/mol. The van der Waals surface area contributed by atoms with Gasteiger partial charge in [0.1, 0.15) is 5.54 Å². The second kappa shape index (κ2) is 5.70. The molecule has 5 atom stereocenters. The maximum Gasteiger partial charge on any atom is 0.330 e. The molecule has 2 unspecified atom stereocenters. The first-order chi connectivity index (χ1) is 10.3. The molecule has 22 heavy (non-hydrogen) atoms. The third kappa shape index (κ3) is 2.38. The summed E-state index contributed by atoms with van der Waals surface area (Å²) in [5.74, 6) is 1.61. The summed E-state index contributed by atoms with van der Waals surface area (Å²) in [6, 6.07) is 1.21. The normalized spacial score (nSPS) is 32.6. The molecule has 8 heteroatoms. The molecule has 8 nitrogen and oxygen atoms in total. The first-order valence-electron chi connectivity index (χ1n) is 6.79. The fourth-order valence-corrected chi connectivity index (χ4v) is 2.88. The van der Waals surface area contributed by atoms with Crippen LogP contribution in [0.15, 0.2) is 15.7 Å². The van der Waals surface area contributed by atoms with Crippen molar-refractivity contribution < 1.29 is 14.9 Å². The minimum absolute atomic E-state index is 0.312. The van der Waals surface area contributed by atoms with Crippen LogP contribution < -0.4 is 17.0 Å². The molecular formula is C14H19N3O5. The van der Waals surface area contributed by atoms with Crippen LogP contribution in [0, 0.1) is 25.2 Å². The van der Waals surface area contributed by atoms with Crippen molar-refractivity contribution in [3.8, 4) is 12.3 Å². The van der Waals surface area contributed by atoms with Crippen molar-refractivity contribution in [3.63, 3.8) is 0 Å². The topological polar surface area (TPSA) is 131 Å². The quantitative estimate of drug-likeness (QED) is 0.481. The van der Waals surface area contributed by atoms with E-state index in [9.17, 15) is 19.8 Å². The van der Waals surface area contributed by atoms with Crippen LogP contribution in [0.3, 0.4) is 0 Å².